The predicted octanol–water partition coefficient (Wildman–Crippen LogP) is 1.88. The first-order valence-corrected chi connectivity index (χ1v) is 5.63. The van der Waals surface area contributed by atoms with E-state index in [0.29, 0.717) is 12.0 Å². The Labute approximate surface area is 93.2 Å². The van der Waals surface area contributed by atoms with Gasteiger partial charge in [0.15, 0.2) is 4.60 Å². The van der Waals surface area contributed by atoms with E-state index in [4.69, 9.17) is 0 Å². The van der Waals surface area contributed by atoms with Gasteiger partial charge in [-0.05, 0) is 28.9 Å². The summed E-state index contributed by atoms with van der Waals surface area (Å²) in [7, 11) is 3.88. The van der Waals surface area contributed by atoms with Gasteiger partial charge < -0.3 is 5.32 Å². The molecule has 0 bridgehead atoms. The highest BCUT2D eigenvalue weighted by atomic mass is 79.9. The zero-order valence-corrected chi connectivity index (χ0v) is 10.7. The van der Waals surface area contributed by atoms with Gasteiger partial charge in [-0.15, -0.1) is 5.10 Å². The highest BCUT2D eigenvalue weighted by Gasteiger charge is 2.22. The first-order valence-electron chi connectivity index (χ1n) is 4.84. The van der Waals surface area contributed by atoms with Crippen LogP contribution in [0.3, 0.4) is 0 Å². The maximum Gasteiger partial charge on any atom is 0.153 e. The van der Waals surface area contributed by atoms with E-state index < -0.39 is 0 Å². The fourth-order valence-corrected chi connectivity index (χ4v) is 2.17. The number of hydrogen-bond donors (Lipinski definition) is 1. The van der Waals surface area contributed by atoms with Crippen LogP contribution in [-0.4, -0.2) is 22.0 Å². The Morgan fingerprint density at radius 1 is 1.57 bits per heavy atom. The summed E-state index contributed by atoms with van der Waals surface area (Å²) in [5.74, 6) is 0.563. The van der Waals surface area contributed by atoms with Gasteiger partial charge in [0, 0.05) is 7.05 Å². The van der Waals surface area contributed by atoms with Crippen molar-refractivity contribution in [3.63, 3.8) is 0 Å². The Morgan fingerprint density at radius 2 is 2.21 bits per heavy atom. The lowest BCUT2D eigenvalue weighted by Gasteiger charge is -2.22. The molecule has 0 aliphatic rings. The molecule has 1 rings (SSSR count). The zero-order chi connectivity index (χ0) is 10.7. The van der Waals surface area contributed by atoms with Crippen molar-refractivity contribution < 1.29 is 0 Å². The second kappa shape index (κ2) is 4.89. The average Bonchev–Trinajstić information content (AvgIpc) is 2.50. The van der Waals surface area contributed by atoms with Gasteiger partial charge in [0.25, 0.3) is 0 Å². The normalized spacial score (nSPS) is 15.5. The molecule has 1 heterocycles. The van der Waals surface area contributed by atoms with Crippen LogP contribution in [0.15, 0.2) is 4.60 Å². The van der Waals surface area contributed by atoms with Gasteiger partial charge in [-0.1, -0.05) is 25.5 Å². The molecule has 0 radical (unpaired) electrons. The number of aromatic nitrogens is 3. The van der Waals surface area contributed by atoms with Crippen molar-refractivity contribution in [2.45, 2.75) is 26.3 Å². The highest BCUT2D eigenvalue weighted by molar-refractivity contribution is 9.10. The molecule has 0 fully saturated rings. The Hall–Kier alpha value is -0.420. The van der Waals surface area contributed by atoms with Gasteiger partial charge in [0.1, 0.15) is 0 Å². The first kappa shape index (κ1) is 11.7. The van der Waals surface area contributed by atoms with Crippen molar-refractivity contribution in [3.8, 4) is 0 Å². The largest absolute Gasteiger partial charge is 0.311 e. The smallest absolute Gasteiger partial charge is 0.153 e. The van der Waals surface area contributed by atoms with Gasteiger partial charge >= 0.3 is 0 Å². The molecule has 5 heteroatoms. The van der Waals surface area contributed by atoms with E-state index in [1.54, 1.807) is 0 Å². The van der Waals surface area contributed by atoms with Crippen molar-refractivity contribution >= 4 is 15.9 Å². The number of hydrogen-bond acceptors (Lipinski definition) is 3. The van der Waals surface area contributed by atoms with Crippen LogP contribution in [0, 0.1) is 5.92 Å². The van der Waals surface area contributed by atoms with Gasteiger partial charge in [-0.2, -0.15) is 0 Å². The van der Waals surface area contributed by atoms with Crippen molar-refractivity contribution in [1.29, 1.82) is 0 Å². The predicted molar refractivity (Wildman–Crippen MR) is 60.0 cm³/mol. The number of halogens is 1. The molecule has 0 spiro atoms. The van der Waals surface area contributed by atoms with Crippen LogP contribution in [-0.2, 0) is 7.05 Å². The molecule has 1 aromatic rings. The fraction of sp³-hybridized carbons (Fsp3) is 0.778. The molecule has 0 saturated carbocycles. The molecular weight excluding hydrogens is 244 g/mol. The van der Waals surface area contributed by atoms with E-state index in [1.807, 2.05) is 18.8 Å². The quantitative estimate of drug-likeness (QED) is 0.899. The molecule has 0 saturated heterocycles. The van der Waals surface area contributed by atoms with Gasteiger partial charge in [0.2, 0.25) is 0 Å². The van der Waals surface area contributed by atoms with E-state index in [0.717, 1.165) is 16.7 Å². The van der Waals surface area contributed by atoms with Crippen molar-refractivity contribution in [1.82, 2.24) is 20.3 Å². The lowest BCUT2D eigenvalue weighted by molar-refractivity contribution is 0.379. The summed E-state index contributed by atoms with van der Waals surface area (Å²) < 4.78 is 2.65. The molecule has 4 nitrogen and oxygen atoms in total. The van der Waals surface area contributed by atoms with E-state index in [2.05, 4.69) is 45.4 Å². The molecule has 0 aliphatic heterocycles. The number of aryl methyl sites for hydroxylation is 1. The molecule has 2 atom stereocenters. The van der Waals surface area contributed by atoms with Crippen LogP contribution in [0.2, 0.25) is 0 Å². The van der Waals surface area contributed by atoms with E-state index >= 15 is 0 Å². The van der Waals surface area contributed by atoms with Crippen molar-refractivity contribution in [3.05, 3.63) is 10.3 Å². The second-order valence-electron chi connectivity index (χ2n) is 3.54. The van der Waals surface area contributed by atoms with Gasteiger partial charge in [-0.3, -0.25) is 0 Å². The Kier molecular flexibility index (Phi) is 4.07. The molecule has 1 N–H and O–H groups in total. The molecule has 0 amide bonds. The minimum atomic E-state index is 0.300. The maximum absolute atomic E-state index is 3.99. The minimum absolute atomic E-state index is 0.300. The summed E-state index contributed by atoms with van der Waals surface area (Å²) in [6, 6.07) is 0.300. The third-order valence-electron chi connectivity index (χ3n) is 2.65. The molecule has 14 heavy (non-hydrogen) atoms. The van der Waals surface area contributed by atoms with Gasteiger partial charge in [-0.25, -0.2) is 4.68 Å². The second-order valence-corrected chi connectivity index (χ2v) is 4.29. The highest BCUT2D eigenvalue weighted by Crippen LogP contribution is 2.27. The maximum atomic E-state index is 3.99. The average molecular weight is 261 g/mol. The summed E-state index contributed by atoms with van der Waals surface area (Å²) >= 11 is 3.42. The summed E-state index contributed by atoms with van der Waals surface area (Å²) in [5.41, 5.74) is 1.11. The topological polar surface area (TPSA) is 42.7 Å². The first-order chi connectivity index (χ1) is 6.61. The standard InChI is InChI=1S/C9H17BrN4/c1-5-6(2)7(11-3)8-9(10)12-13-14(8)4/h6-7,11H,5H2,1-4H3. The molecular formula is C9H17BrN4. The third-order valence-corrected chi connectivity index (χ3v) is 3.21. The number of rotatable bonds is 4. The van der Waals surface area contributed by atoms with Crippen LogP contribution < -0.4 is 5.32 Å². The molecule has 1 aromatic heterocycles. The van der Waals surface area contributed by atoms with Crippen LogP contribution in [0.5, 0.6) is 0 Å². The van der Waals surface area contributed by atoms with Crippen LogP contribution in [0.1, 0.15) is 32.0 Å². The third kappa shape index (κ3) is 2.15. The summed E-state index contributed by atoms with van der Waals surface area (Å²) in [5, 5.41) is 11.3. The van der Waals surface area contributed by atoms with E-state index in [1.165, 1.54) is 0 Å². The van der Waals surface area contributed by atoms with Crippen LogP contribution in [0.4, 0.5) is 0 Å². The van der Waals surface area contributed by atoms with Crippen molar-refractivity contribution in [2.24, 2.45) is 13.0 Å². The molecule has 2 unspecified atom stereocenters. The van der Waals surface area contributed by atoms with Crippen LogP contribution in [0.25, 0.3) is 0 Å². The summed E-state index contributed by atoms with van der Waals surface area (Å²) in [6.07, 6.45) is 1.13. The van der Waals surface area contributed by atoms with Crippen molar-refractivity contribution in [2.75, 3.05) is 7.05 Å². The fourth-order valence-electron chi connectivity index (χ4n) is 1.60. The summed E-state index contributed by atoms with van der Waals surface area (Å²) in [4.78, 5) is 0. The molecule has 80 valence electrons. The Morgan fingerprint density at radius 3 is 2.57 bits per heavy atom. The van der Waals surface area contributed by atoms with Crippen LogP contribution >= 0.6 is 15.9 Å². The zero-order valence-electron chi connectivity index (χ0n) is 9.08. The minimum Gasteiger partial charge on any atom is -0.311 e. The molecule has 0 aromatic carbocycles. The number of nitrogens with one attached hydrogen (secondary N) is 1. The Bertz CT molecular complexity index is 278. The lowest BCUT2D eigenvalue weighted by Crippen LogP contribution is -2.25. The number of nitrogens with zero attached hydrogens (tertiary/aromatic N) is 3. The van der Waals surface area contributed by atoms with E-state index in [-0.39, 0.29) is 0 Å². The molecule has 0 aliphatic carbocycles. The monoisotopic (exact) mass is 260 g/mol. The lowest BCUT2D eigenvalue weighted by atomic mass is 9.97. The summed E-state index contributed by atoms with van der Waals surface area (Å²) in [6.45, 7) is 4.41. The SMILES string of the molecule is CCC(C)C(NC)c1c(Br)nnn1C. The van der Waals surface area contributed by atoms with E-state index in [9.17, 15) is 0 Å². The Balaban J connectivity index is 2.99. The van der Waals surface area contributed by atoms with Gasteiger partial charge in [0.05, 0.1) is 11.7 Å².